The van der Waals surface area contributed by atoms with Crippen molar-refractivity contribution in [1.82, 2.24) is 0 Å². The van der Waals surface area contributed by atoms with Crippen molar-refractivity contribution in [2.75, 3.05) is 11.5 Å². The van der Waals surface area contributed by atoms with Gasteiger partial charge in [0.15, 0.2) is 21.6 Å². The van der Waals surface area contributed by atoms with Crippen LogP contribution in [0.4, 0.5) is 0 Å². The van der Waals surface area contributed by atoms with Gasteiger partial charge in [0.2, 0.25) is 0 Å². The molecule has 0 unspecified atom stereocenters. The van der Waals surface area contributed by atoms with Gasteiger partial charge >= 0.3 is 0 Å². The zero-order valence-corrected chi connectivity index (χ0v) is 11.3. The molecule has 1 atom stereocenters. The predicted octanol–water partition coefficient (Wildman–Crippen LogP) is -0.526. The second-order valence-electron chi connectivity index (χ2n) is 6.08. The molecule has 1 aliphatic heterocycles. The number of sulfone groups is 1. The van der Waals surface area contributed by atoms with E-state index in [9.17, 15) is 13.2 Å². The number of carbonyl (C=O) groups is 1. The predicted molar refractivity (Wildman–Crippen MR) is 65.7 cm³/mol. The largest absolute Gasteiger partial charge is 0.299 e. The molecule has 0 spiro atoms. The van der Waals surface area contributed by atoms with Gasteiger partial charge in [0, 0.05) is 19.3 Å². The molecule has 5 heteroatoms. The maximum atomic E-state index is 11.6. The van der Waals surface area contributed by atoms with Crippen LogP contribution in [0.3, 0.4) is 0 Å². The number of Topliss-reactive ketones (excluding diaryl/α,β-unsaturated/α-hetero) is 1. The van der Waals surface area contributed by atoms with Gasteiger partial charge in [-0.25, -0.2) is 13.4 Å². The Morgan fingerprint density at radius 2 is 2.00 bits per heavy atom. The first-order valence-electron chi connectivity index (χ1n) is 6.09. The lowest BCUT2D eigenvalue weighted by Crippen LogP contribution is -2.81. The number of carbonyl (C=O) groups excluding carboxylic acids is 1. The summed E-state index contributed by atoms with van der Waals surface area (Å²) < 4.78 is 22.7. The van der Waals surface area contributed by atoms with Crippen molar-refractivity contribution in [3.8, 4) is 0 Å². The Morgan fingerprint density at radius 1 is 1.29 bits per heavy atom. The third-order valence-corrected chi connectivity index (χ3v) is 5.19. The zero-order valence-electron chi connectivity index (χ0n) is 10.5. The van der Waals surface area contributed by atoms with Crippen LogP contribution in [0.5, 0.6) is 0 Å². The van der Waals surface area contributed by atoms with Crippen LogP contribution in [0.2, 0.25) is 0 Å². The minimum Gasteiger partial charge on any atom is -0.299 e. The monoisotopic (exact) mass is 258 g/mol. The molecule has 2 aliphatic rings. The van der Waals surface area contributed by atoms with Gasteiger partial charge in [-0.15, -0.1) is 0 Å². The van der Waals surface area contributed by atoms with E-state index in [1.807, 2.05) is 0 Å². The van der Waals surface area contributed by atoms with Crippen molar-refractivity contribution in [2.45, 2.75) is 45.6 Å². The fourth-order valence-corrected chi connectivity index (χ4v) is 4.51. The van der Waals surface area contributed by atoms with E-state index in [0.717, 1.165) is 12.1 Å². The first kappa shape index (κ1) is 12.7. The van der Waals surface area contributed by atoms with E-state index in [1.165, 1.54) is 0 Å². The Balaban J connectivity index is 2.10. The summed E-state index contributed by atoms with van der Waals surface area (Å²) in [6, 6.07) is 0.0108. The van der Waals surface area contributed by atoms with Crippen molar-refractivity contribution in [3.63, 3.8) is 0 Å². The molecule has 0 amide bonds. The van der Waals surface area contributed by atoms with E-state index >= 15 is 0 Å². The SMILES string of the molecule is CC1(C)CC(=O)CC(=[NH+][C@H]2CCS(=O)(=O)C2)C1. The molecule has 1 heterocycles. The van der Waals surface area contributed by atoms with Crippen molar-refractivity contribution in [1.29, 1.82) is 0 Å². The summed E-state index contributed by atoms with van der Waals surface area (Å²) in [5.41, 5.74) is 1.03. The summed E-state index contributed by atoms with van der Waals surface area (Å²) in [4.78, 5) is 14.9. The summed E-state index contributed by atoms with van der Waals surface area (Å²) in [6.45, 7) is 4.16. The number of rotatable bonds is 1. The number of hydrogen-bond acceptors (Lipinski definition) is 3. The topological polar surface area (TPSA) is 65.2 Å². The molecular formula is C12H20NO3S+. The fraction of sp³-hybridized carbons (Fsp3) is 0.833. The lowest BCUT2D eigenvalue weighted by atomic mass is 9.76. The molecule has 0 aromatic heterocycles. The van der Waals surface area contributed by atoms with Crippen molar-refractivity contribution in [3.05, 3.63) is 0 Å². The Hall–Kier alpha value is -0.710. The first-order valence-corrected chi connectivity index (χ1v) is 7.91. The molecule has 1 saturated heterocycles. The van der Waals surface area contributed by atoms with Gasteiger partial charge in [-0.1, -0.05) is 13.8 Å². The minimum absolute atomic E-state index is 0.00907. The Kier molecular flexibility index (Phi) is 3.14. The molecule has 1 saturated carbocycles. The summed E-state index contributed by atoms with van der Waals surface area (Å²) in [7, 11) is -2.85. The van der Waals surface area contributed by atoms with E-state index in [-0.39, 0.29) is 28.7 Å². The molecule has 2 fully saturated rings. The van der Waals surface area contributed by atoms with Gasteiger partial charge in [0.25, 0.3) is 0 Å². The average molecular weight is 258 g/mol. The maximum absolute atomic E-state index is 11.6. The van der Waals surface area contributed by atoms with Gasteiger partial charge in [0.05, 0.1) is 12.2 Å². The highest BCUT2D eigenvalue weighted by molar-refractivity contribution is 7.91. The molecular weight excluding hydrogens is 238 g/mol. The summed E-state index contributed by atoms with van der Waals surface area (Å²) >= 11 is 0. The fourth-order valence-electron chi connectivity index (χ4n) is 2.84. The third kappa shape index (κ3) is 3.37. The minimum atomic E-state index is -2.85. The number of hydrogen-bond donors (Lipinski definition) is 1. The molecule has 1 aliphatic carbocycles. The van der Waals surface area contributed by atoms with E-state index < -0.39 is 9.84 Å². The Bertz CT molecular complexity index is 462. The number of nitrogens with one attached hydrogen (secondary N) is 1. The highest BCUT2D eigenvalue weighted by atomic mass is 32.2. The highest BCUT2D eigenvalue weighted by Gasteiger charge is 2.36. The van der Waals surface area contributed by atoms with Crippen molar-refractivity contribution in [2.24, 2.45) is 5.41 Å². The van der Waals surface area contributed by atoms with Crippen LogP contribution >= 0.6 is 0 Å². The van der Waals surface area contributed by atoms with Gasteiger partial charge in [-0.2, -0.15) is 0 Å². The molecule has 96 valence electrons. The Morgan fingerprint density at radius 3 is 2.53 bits per heavy atom. The zero-order chi connectivity index (χ0) is 12.7. The third-order valence-electron chi connectivity index (χ3n) is 3.42. The normalized spacial score (nSPS) is 34.1. The Labute approximate surface area is 102 Å². The molecule has 4 nitrogen and oxygen atoms in total. The van der Waals surface area contributed by atoms with Gasteiger partial charge in [-0.05, 0) is 5.41 Å². The molecule has 0 radical (unpaired) electrons. The lowest BCUT2D eigenvalue weighted by molar-refractivity contribution is -0.498. The summed E-state index contributed by atoms with van der Waals surface area (Å²) in [5, 5.41) is 0. The first-order chi connectivity index (χ1) is 7.76. The second-order valence-corrected chi connectivity index (χ2v) is 8.31. The second kappa shape index (κ2) is 4.19. The van der Waals surface area contributed by atoms with Crippen LogP contribution in [-0.2, 0) is 14.6 Å². The molecule has 0 bridgehead atoms. The van der Waals surface area contributed by atoms with Crippen molar-refractivity contribution >= 4 is 21.3 Å². The van der Waals surface area contributed by atoms with Crippen LogP contribution in [0.25, 0.3) is 0 Å². The highest BCUT2D eigenvalue weighted by Crippen LogP contribution is 2.30. The lowest BCUT2D eigenvalue weighted by Gasteiger charge is -2.27. The standard InChI is InChI=1S/C12H19NO3S/c1-12(2)6-10(5-11(14)7-12)13-9-3-4-17(15,16)8-9/h9H,3-8H2,1-2H3/p+1/t9-/m0/s1. The molecule has 1 N–H and O–H groups in total. The maximum Gasteiger partial charge on any atom is 0.165 e. The van der Waals surface area contributed by atoms with E-state index in [1.54, 1.807) is 0 Å². The van der Waals surface area contributed by atoms with Gasteiger partial charge in [-0.3, -0.25) is 4.79 Å². The average Bonchev–Trinajstić information content (AvgIpc) is 2.41. The van der Waals surface area contributed by atoms with E-state index in [0.29, 0.717) is 19.3 Å². The smallest absolute Gasteiger partial charge is 0.165 e. The number of ketones is 1. The van der Waals surface area contributed by atoms with Crippen LogP contribution < -0.4 is 4.99 Å². The van der Waals surface area contributed by atoms with E-state index in [4.69, 9.17) is 0 Å². The van der Waals surface area contributed by atoms with Crippen molar-refractivity contribution < 1.29 is 18.2 Å². The van der Waals surface area contributed by atoms with Crippen LogP contribution in [0.15, 0.2) is 0 Å². The molecule has 0 aromatic carbocycles. The van der Waals surface area contributed by atoms with Gasteiger partial charge in [0.1, 0.15) is 11.5 Å². The van der Waals surface area contributed by atoms with E-state index in [2.05, 4.69) is 18.8 Å². The van der Waals surface area contributed by atoms with Crippen LogP contribution in [-0.4, -0.2) is 37.5 Å². The quantitative estimate of drug-likeness (QED) is 0.688. The van der Waals surface area contributed by atoms with Crippen LogP contribution in [0.1, 0.15) is 39.5 Å². The van der Waals surface area contributed by atoms with Gasteiger partial charge < -0.3 is 0 Å². The molecule has 17 heavy (non-hydrogen) atoms. The molecule has 2 rings (SSSR count). The summed E-state index contributed by atoms with van der Waals surface area (Å²) in [6.07, 6.45) is 2.64. The molecule has 0 aromatic rings. The van der Waals surface area contributed by atoms with Crippen LogP contribution in [0, 0.1) is 5.41 Å². The summed E-state index contributed by atoms with van der Waals surface area (Å²) in [5.74, 6) is 0.741.